The number of nitrogens with one attached hydrogen (secondary N) is 2. The average Bonchev–Trinajstić information content (AvgIpc) is 2.68. The van der Waals surface area contributed by atoms with Crippen LogP contribution in [0.15, 0.2) is 29.3 Å². The van der Waals surface area contributed by atoms with E-state index in [1.165, 1.54) is 0 Å². The van der Waals surface area contributed by atoms with E-state index in [9.17, 15) is 0 Å². The summed E-state index contributed by atoms with van der Waals surface area (Å²) in [6, 6.07) is 8.25. The number of nitrogens with zero attached hydrogens (tertiary/aromatic N) is 3. The Balaban J connectivity index is 1.40. The van der Waals surface area contributed by atoms with Gasteiger partial charge in [0.2, 0.25) is 0 Å². The first kappa shape index (κ1) is 18.8. The number of hydrogen-bond donors (Lipinski definition) is 2. The zero-order valence-corrected chi connectivity index (χ0v) is 16.1. The lowest BCUT2D eigenvalue weighted by molar-refractivity contribution is 0.0935. The molecule has 0 saturated carbocycles. The van der Waals surface area contributed by atoms with Crippen molar-refractivity contribution in [3.8, 4) is 11.5 Å². The van der Waals surface area contributed by atoms with Crippen molar-refractivity contribution in [1.29, 1.82) is 0 Å². The van der Waals surface area contributed by atoms with Crippen LogP contribution in [0.3, 0.4) is 0 Å². The Morgan fingerprint density at radius 3 is 2.65 bits per heavy atom. The maximum Gasteiger partial charge on any atom is 0.191 e. The third-order valence-electron chi connectivity index (χ3n) is 5.01. The van der Waals surface area contributed by atoms with Gasteiger partial charge in [0.15, 0.2) is 17.5 Å². The van der Waals surface area contributed by atoms with Crippen molar-refractivity contribution in [2.75, 3.05) is 60.0 Å². The summed E-state index contributed by atoms with van der Waals surface area (Å²) in [4.78, 5) is 9.22. The number of guanidine groups is 1. The smallest absolute Gasteiger partial charge is 0.191 e. The van der Waals surface area contributed by atoms with Crippen LogP contribution >= 0.6 is 0 Å². The van der Waals surface area contributed by atoms with Gasteiger partial charge >= 0.3 is 0 Å². The van der Waals surface area contributed by atoms with E-state index < -0.39 is 0 Å². The van der Waals surface area contributed by atoms with Crippen molar-refractivity contribution in [2.24, 2.45) is 4.99 Å². The number of para-hydroxylation sites is 2. The molecule has 0 spiro atoms. The summed E-state index contributed by atoms with van der Waals surface area (Å²) in [7, 11) is 3.98. The van der Waals surface area contributed by atoms with Gasteiger partial charge < -0.3 is 25.0 Å². The van der Waals surface area contributed by atoms with E-state index in [2.05, 4.69) is 39.4 Å². The van der Waals surface area contributed by atoms with Gasteiger partial charge in [0.05, 0.1) is 6.54 Å². The van der Waals surface area contributed by atoms with Gasteiger partial charge in [-0.15, -0.1) is 0 Å². The molecule has 7 heteroatoms. The van der Waals surface area contributed by atoms with Crippen molar-refractivity contribution in [3.63, 3.8) is 0 Å². The largest absolute Gasteiger partial charge is 0.486 e. The van der Waals surface area contributed by atoms with Crippen LogP contribution in [0.1, 0.15) is 6.92 Å². The second-order valence-corrected chi connectivity index (χ2v) is 7.02. The summed E-state index contributed by atoms with van der Waals surface area (Å²) < 4.78 is 11.7. The van der Waals surface area contributed by atoms with E-state index >= 15 is 0 Å². The molecule has 1 aromatic carbocycles. The minimum atomic E-state index is -0.0292. The first-order valence-corrected chi connectivity index (χ1v) is 9.41. The number of rotatable bonds is 5. The fraction of sp³-hybridized carbons (Fsp3) is 0.632. The molecule has 3 rings (SSSR count). The Morgan fingerprint density at radius 2 is 1.92 bits per heavy atom. The van der Waals surface area contributed by atoms with Gasteiger partial charge in [0.25, 0.3) is 0 Å². The quantitative estimate of drug-likeness (QED) is 0.593. The minimum absolute atomic E-state index is 0.0292. The molecule has 26 heavy (non-hydrogen) atoms. The van der Waals surface area contributed by atoms with Gasteiger partial charge in [-0.25, -0.2) is 0 Å². The Morgan fingerprint density at radius 1 is 1.19 bits per heavy atom. The zero-order chi connectivity index (χ0) is 18.4. The molecule has 1 saturated heterocycles. The van der Waals surface area contributed by atoms with Crippen LogP contribution in [0.4, 0.5) is 0 Å². The molecule has 2 atom stereocenters. The third-order valence-corrected chi connectivity index (χ3v) is 5.01. The fourth-order valence-electron chi connectivity index (χ4n) is 3.23. The highest BCUT2D eigenvalue weighted by Gasteiger charge is 2.21. The van der Waals surface area contributed by atoms with Crippen LogP contribution in [-0.4, -0.2) is 87.9 Å². The fourth-order valence-corrected chi connectivity index (χ4v) is 3.23. The van der Waals surface area contributed by atoms with Crippen LogP contribution in [0, 0.1) is 0 Å². The molecule has 2 heterocycles. The van der Waals surface area contributed by atoms with E-state index in [4.69, 9.17) is 9.47 Å². The first-order valence-electron chi connectivity index (χ1n) is 9.41. The van der Waals surface area contributed by atoms with E-state index in [1.54, 1.807) is 7.05 Å². The Kier molecular flexibility index (Phi) is 6.57. The molecular formula is C19H31N5O2. The van der Waals surface area contributed by atoms with Gasteiger partial charge in [-0.2, -0.15) is 0 Å². The third kappa shape index (κ3) is 5.02. The summed E-state index contributed by atoms with van der Waals surface area (Å²) in [6.07, 6.45) is -0.0292. The van der Waals surface area contributed by atoms with E-state index in [0.29, 0.717) is 19.2 Å². The Hall–Kier alpha value is -1.99. The van der Waals surface area contributed by atoms with Crippen molar-refractivity contribution >= 4 is 5.96 Å². The summed E-state index contributed by atoms with van der Waals surface area (Å²) in [5.74, 6) is 2.41. The second-order valence-electron chi connectivity index (χ2n) is 7.02. The highest BCUT2D eigenvalue weighted by molar-refractivity contribution is 5.79. The van der Waals surface area contributed by atoms with E-state index in [0.717, 1.165) is 50.2 Å². The molecule has 2 aliphatic rings. The first-order chi connectivity index (χ1) is 12.7. The van der Waals surface area contributed by atoms with Crippen LogP contribution in [0.5, 0.6) is 11.5 Å². The van der Waals surface area contributed by atoms with Gasteiger partial charge in [-0.05, 0) is 26.1 Å². The molecular weight excluding hydrogens is 330 g/mol. The molecule has 0 aliphatic carbocycles. The average molecular weight is 361 g/mol. The molecule has 0 radical (unpaired) electrons. The number of fused-ring (bicyclic) bond motifs is 1. The standard InChI is InChI=1S/C19H31N5O2/c1-15(24-10-8-23(3)9-11-24)12-21-19(20-2)22-13-16-14-25-17-6-4-5-7-18(17)26-16/h4-7,15-16H,8-14H2,1-3H3,(H2,20,21,22). The lowest BCUT2D eigenvalue weighted by Crippen LogP contribution is -2.53. The molecule has 0 aromatic heterocycles. The van der Waals surface area contributed by atoms with Gasteiger partial charge in [0, 0.05) is 45.8 Å². The summed E-state index contributed by atoms with van der Waals surface area (Å²) in [6.45, 7) is 8.84. The summed E-state index contributed by atoms with van der Waals surface area (Å²) >= 11 is 0. The highest BCUT2D eigenvalue weighted by Crippen LogP contribution is 2.30. The van der Waals surface area contributed by atoms with Crippen molar-refractivity contribution in [2.45, 2.75) is 19.1 Å². The van der Waals surface area contributed by atoms with Crippen LogP contribution in [0.2, 0.25) is 0 Å². The predicted octanol–water partition coefficient (Wildman–Crippen LogP) is 0.627. The number of benzene rings is 1. The topological polar surface area (TPSA) is 61.4 Å². The van der Waals surface area contributed by atoms with Crippen molar-refractivity contribution in [3.05, 3.63) is 24.3 Å². The number of piperazine rings is 1. The molecule has 0 bridgehead atoms. The number of hydrogen-bond acceptors (Lipinski definition) is 5. The van der Waals surface area contributed by atoms with Gasteiger partial charge in [-0.1, -0.05) is 12.1 Å². The maximum absolute atomic E-state index is 5.97. The Bertz CT molecular complexity index is 601. The molecule has 0 amide bonds. The number of ether oxygens (including phenoxy) is 2. The van der Waals surface area contributed by atoms with E-state index in [1.807, 2.05) is 24.3 Å². The lowest BCUT2D eigenvalue weighted by atomic mass is 10.2. The zero-order valence-electron chi connectivity index (χ0n) is 16.1. The van der Waals surface area contributed by atoms with Gasteiger partial charge in [0.1, 0.15) is 12.7 Å². The summed E-state index contributed by atoms with van der Waals surface area (Å²) in [5.41, 5.74) is 0. The maximum atomic E-state index is 5.97. The van der Waals surface area contributed by atoms with Crippen LogP contribution in [-0.2, 0) is 0 Å². The molecule has 2 unspecified atom stereocenters. The molecule has 144 valence electrons. The van der Waals surface area contributed by atoms with E-state index in [-0.39, 0.29) is 6.10 Å². The molecule has 2 N–H and O–H groups in total. The predicted molar refractivity (Wildman–Crippen MR) is 104 cm³/mol. The number of aliphatic imine (C=N–C) groups is 1. The van der Waals surface area contributed by atoms with Crippen LogP contribution < -0.4 is 20.1 Å². The summed E-state index contributed by atoms with van der Waals surface area (Å²) in [5, 5.41) is 6.77. The van der Waals surface area contributed by atoms with Crippen molar-refractivity contribution < 1.29 is 9.47 Å². The molecule has 7 nitrogen and oxygen atoms in total. The van der Waals surface area contributed by atoms with Gasteiger partial charge in [-0.3, -0.25) is 9.89 Å². The molecule has 1 fully saturated rings. The monoisotopic (exact) mass is 361 g/mol. The Labute approximate surface area is 156 Å². The lowest BCUT2D eigenvalue weighted by Gasteiger charge is -2.36. The second kappa shape index (κ2) is 9.09. The SMILES string of the molecule is CN=C(NCC1COc2ccccc2O1)NCC(C)N1CCN(C)CC1. The normalized spacial score (nSPS) is 22.7. The van der Waals surface area contributed by atoms with Crippen molar-refractivity contribution in [1.82, 2.24) is 20.4 Å². The highest BCUT2D eigenvalue weighted by atomic mass is 16.6. The molecule has 1 aromatic rings. The van der Waals surface area contributed by atoms with Crippen LogP contribution in [0.25, 0.3) is 0 Å². The minimum Gasteiger partial charge on any atom is -0.486 e. The molecule has 2 aliphatic heterocycles. The number of likely N-dealkylation sites (N-methyl/N-ethyl adjacent to an activating group) is 1.